The Morgan fingerprint density at radius 2 is 2.18 bits per heavy atom. The molecule has 2 aromatic rings. The maximum atomic E-state index is 5.84. The van der Waals surface area contributed by atoms with Gasteiger partial charge in [-0.1, -0.05) is 20.8 Å². The van der Waals surface area contributed by atoms with Gasteiger partial charge in [0.1, 0.15) is 18.1 Å². The Labute approximate surface area is 167 Å². The number of furan rings is 1. The SMILES string of the molecule is CC(C)(C)c1cnc(CN=C(NCCc2ccco2)NCC2CCCCO2)o1. The minimum absolute atomic E-state index is 0.0599. The molecule has 0 radical (unpaired) electrons. The van der Waals surface area contributed by atoms with E-state index >= 15 is 0 Å². The van der Waals surface area contributed by atoms with E-state index in [0.29, 0.717) is 12.4 Å². The average Bonchev–Trinajstić information content (AvgIpc) is 3.36. The number of hydrogen-bond donors (Lipinski definition) is 2. The van der Waals surface area contributed by atoms with Gasteiger partial charge in [0, 0.05) is 31.5 Å². The molecule has 1 atom stereocenters. The molecule has 0 aromatic carbocycles. The molecule has 0 saturated carbocycles. The number of nitrogens with one attached hydrogen (secondary N) is 2. The fraction of sp³-hybridized carbons (Fsp3) is 0.619. The molecule has 154 valence electrons. The molecule has 3 rings (SSSR count). The van der Waals surface area contributed by atoms with Crippen LogP contribution in [0.15, 0.2) is 38.4 Å². The van der Waals surface area contributed by atoms with Gasteiger partial charge in [0.25, 0.3) is 0 Å². The number of aromatic nitrogens is 1. The number of rotatable bonds is 7. The molecule has 1 saturated heterocycles. The highest BCUT2D eigenvalue weighted by Crippen LogP contribution is 2.22. The Kier molecular flexibility index (Phi) is 7.14. The smallest absolute Gasteiger partial charge is 0.216 e. The highest BCUT2D eigenvalue weighted by Gasteiger charge is 2.19. The molecule has 3 heterocycles. The van der Waals surface area contributed by atoms with E-state index in [1.165, 1.54) is 6.42 Å². The normalized spacial score (nSPS) is 18.2. The van der Waals surface area contributed by atoms with Crippen molar-refractivity contribution in [2.24, 2.45) is 4.99 Å². The molecule has 0 amide bonds. The van der Waals surface area contributed by atoms with Crippen molar-refractivity contribution in [1.29, 1.82) is 0 Å². The summed E-state index contributed by atoms with van der Waals surface area (Å²) in [6.45, 7) is 9.01. The second-order valence-corrected chi connectivity index (χ2v) is 8.16. The Morgan fingerprint density at radius 3 is 2.86 bits per heavy atom. The molecule has 7 heteroatoms. The summed E-state index contributed by atoms with van der Waals surface area (Å²) in [6, 6.07) is 3.88. The van der Waals surface area contributed by atoms with E-state index in [4.69, 9.17) is 13.6 Å². The van der Waals surface area contributed by atoms with Crippen LogP contribution in [0.25, 0.3) is 0 Å². The number of guanidine groups is 1. The van der Waals surface area contributed by atoms with Crippen LogP contribution in [-0.4, -0.2) is 36.7 Å². The molecule has 2 N–H and O–H groups in total. The van der Waals surface area contributed by atoms with E-state index in [9.17, 15) is 0 Å². The molecule has 1 aliphatic heterocycles. The number of hydrogen-bond acceptors (Lipinski definition) is 5. The van der Waals surface area contributed by atoms with Crippen LogP contribution in [0.5, 0.6) is 0 Å². The van der Waals surface area contributed by atoms with Crippen molar-refractivity contribution in [3.05, 3.63) is 42.0 Å². The van der Waals surface area contributed by atoms with E-state index in [2.05, 4.69) is 41.4 Å². The molecule has 0 spiro atoms. The lowest BCUT2D eigenvalue weighted by atomic mass is 9.94. The molecule has 7 nitrogen and oxygen atoms in total. The molecule has 1 fully saturated rings. The fourth-order valence-corrected chi connectivity index (χ4v) is 2.99. The van der Waals surface area contributed by atoms with Crippen LogP contribution in [0, 0.1) is 0 Å². The lowest BCUT2D eigenvalue weighted by molar-refractivity contribution is 0.0194. The summed E-state index contributed by atoms with van der Waals surface area (Å²) >= 11 is 0. The van der Waals surface area contributed by atoms with E-state index in [1.807, 2.05) is 12.1 Å². The largest absolute Gasteiger partial charge is 0.469 e. The first kappa shape index (κ1) is 20.5. The summed E-state index contributed by atoms with van der Waals surface area (Å²) in [5.41, 5.74) is -0.0599. The first-order chi connectivity index (χ1) is 13.5. The quantitative estimate of drug-likeness (QED) is 0.558. The van der Waals surface area contributed by atoms with Gasteiger partial charge < -0.3 is 24.2 Å². The highest BCUT2D eigenvalue weighted by atomic mass is 16.5. The topological polar surface area (TPSA) is 84.8 Å². The Balaban J connectivity index is 1.56. The van der Waals surface area contributed by atoms with E-state index in [-0.39, 0.29) is 11.5 Å². The van der Waals surface area contributed by atoms with Gasteiger partial charge in [-0.25, -0.2) is 9.98 Å². The van der Waals surface area contributed by atoms with Crippen molar-refractivity contribution >= 4 is 5.96 Å². The monoisotopic (exact) mass is 388 g/mol. The third kappa shape index (κ3) is 6.41. The molecule has 2 aromatic heterocycles. The van der Waals surface area contributed by atoms with Crippen LogP contribution >= 0.6 is 0 Å². The van der Waals surface area contributed by atoms with E-state index in [0.717, 1.165) is 56.4 Å². The Hall–Kier alpha value is -2.28. The van der Waals surface area contributed by atoms with Crippen LogP contribution in [0.2, 0.25) is 0 Å². The third-order valence-electron chi connectivity index (χ3n) is 4.68. The van der Waals surface area contributed by atoms with Gasteiger partial charge in [-0.3, -0.25) is 0 Å². The maximum Gasteiger partial charge on any atom is 0.216 e. The van der Waals surface area contributed by atoms with E-state index < -0.39 is 0 Å². The van der Waals surface area contributed by atoms with E-state index in [1.54, 1.807) is 12.5 Å². The molecule has 0 bridgehead atoms. The lowest BCUT2D eigenvalue weighted by Gasteiger charge is -2.23. The summed E-state index contributed by atoms with van der Waals surface area (Å²) in [4.78, 5) is 9.00. The van der Waals surface area contributed by atoms with Gasteiger partial charge in [-0.15, -0.1) is 0 Å². The molecule has 28 heavy (non-hydrogen) atoms. The zero-order chi connectivity index (χ0) is 19.8. The van der Waals surface area contributed by atoms with Crippen molar-refractivity contribution in [1.82, 2.24) is 15.6 Å². The second kappa shape index (κ2) is 9.78. The number of oxazole rings is 1. The number of aliphatic imine (C=N–C) groups is 1. The third-order valence-corrected chi connectivity index (χ3v) is 4.68. The van der Waals surface area contributed by atoms with Crippen molar-refractivity contribution in [2.45, 2.75) is 64.5 Å². The minimum Gasteiger partial charge on any atom is -0.469 e. The highest BCUT2D eigenvalue weighted by molar-refractivity contribution is 5.79. The Bertz CT molecular complexity index is 725. The van der Waals surface area contributed by atoms with Gasteiger partial charge in [0.05, 0.1) is 18.6 Å². The van der Waals surface area contributed by atoms with Crippen LogP contribution in [0.4, 0.5) is 0 Å². The first-order valence-electron chi connectivity index (χ1n) is 10.1. The summed E-state index contributed by atoms with van der Waals surface area (Å²) in [5.74, 6) is 3.17. The first-order valence-corrected chi connectivity index (χ1v) is 10.1. The zero-order valence-electron chi connectivity index (χ0n) is 17.2. The van der Waals surface area contributed by atoms with Gasteiger partial charge in [-0.05, 0) is 31.4 Å². The lowest BCUT2D eigenvalue weighted by Crippen LogP contribution is -2.43. The minimum atomic E-state index is -0.0599. The summed E-state index contributed by atoms with van der Waals surface area (Å²) < 4.78 is 17.0. The fourth-order valence-electron chi connectivity index (χ4n) is 2.99. The maximum absolute atomic E-state index is 5.84. The molecule has 1 aliphatic rings. The molecule has 1 unspecified atom stereocenters. The van der Waals surface area contributed by atoms with Crippen molar-refractivity contribution in [3.63, 3.8) is 0 Å². The van der Waals surface area contributed by atoms with Crippen molar-refractivity contribution in [2.75, 3.05) is 19.7 Å². The standard InChI is InChI=1S/C21H32N4O3/c1-21(2,3)18-14-23-19(28-18)15-25-20(22-10-9-16-8-6-12-26-16)24-13-17-7-4-5-11-27-17/h6,8,12,14,17H,4-5,7,9-11,13,15H2,1-3H3,(H2,22,24,25). The second-order valence-electron chi connectivity index (χ2n) is 8.16. The van der Waals surface area contributed by atoms with Gasteiger partial charge in [0.15, 0.2) is 5.96 Å². The number of nitrogens with zero attached hydrogens (tertiary/aromatic N) is 2. The molecular weight excluding hydrogens is 356 g/mol. The summed E-state index contributed by atoms with van der Waals surface area (Å²) in [6.07, 6.45) is 7.97. The van der Waals surface area contributed by atoms with Gasteiger partial charge >= 0.3 is 0 Å². The summed E-state index contributed by atoms with van der Waals surface area (Å²) in [7, 11) is 0. The Morgan fingerprint density at radius 1 is 1.29 bits per heavy atom. The van der Waals surface area contributed by atoms with Crippen LogP contribution in [0.1, 0.15) is 57.4 Å². The van der Waals surface area contributed by atoms with Crippen LogP contribution in [0.3, 0.4) is 0 Å². The van der Waals surface area contributed by atoms with Crippen molar-refractivity contribution < 1.29 is 13.6 Å². The predicted octanol–water partition coefficient (Wildman–Crippen LogP) is 3.41. The van der Waals surface area contributed by atoms with Gasteiger partial charge in [-0.2, -0.15) is 0 Å². The van der Waals surface area contributed by atoms with Crippen LogP contribution < -0.4 is 10.6 Å². The average molecular weight is 389 g/mol. The molecular formula is C21H32N4O3. The predicted molar refractivity (Wildman–Crippen MR) is 108 cm³/mol. The van der Waals surface area contributed by atoms with Crippen LogP contribution in [-0.2, 0) is 23.1 Å². The number of ether oxygens (including phenoxy) is 1. The molecule has 0 aliphatic carbocycles. The van der Waals surface area contributed by atoms with Gasteiger partial charge in [0.2, 0.25) is 5.89 Å². The zero-order valence-corrected chi connectivity index (χ0v) is 17.2. The summed E-state index contributed by atoms with van der Waals surface area (Å²) in [5, 5.41) is 6.75. The van der Waals surface area contributed by atoms with Crippen molar-refractivity contribution in [3.8, 4) is 0 Å².